The molecule has 1 aliphatic heterocycles. The molecule has 118 valence electrons. The number of benzene rings is 2. The first-order valence-corrected chi connectivity index (χ1v) is 6.91. The first-order chi connectivity index (χ1) is 11.0. The Morgan fingerprint density at radius 1 is 1.09 bits per heavy atom. The van der Waals surface area contributed by atoms with Gasteiger partial charge in [-0.15, -0.1) is 0 Å². The molecule has 0 unspecified atom stereocenters. The Kier molecular flexibility index (Phi) is 3.97. The van der Waals surface area contributed by atoms with Gasteiger partial charge in [-0.3, -0.25) is 4.79 Å². The number of ketones is 1. The van der Waals surface area contributed by atoms with E-state index >= 15 is 0 Å². The molecule has 0 radical (unpaired) electrons. The van der Waals surface area contributed by atoms with Crippen LogP contribution in [0.15, 0.2) is 36.4 Å². The maximum absolute atomic E-state index is 13.4. The van der Waals surface area contributed by atoms with E-state index in [2.05, 4.69) is 0 Å². The van der Waals surface area contributed by atoms with Crippen molar-refractivity contribution in [2.75, 3.05) is 13.4 Å². The van der Waals surface area contributed by atoms with Crippen LogP contribution in [0.4, 0.5) is 4.39 Å². The van der Waals surface area contributed by atoms with E-state index in [1.165, 1.54) is 18.2 Å². The maximum atomic E-state index is 13.4. The normalized spacial score (nSPS) is 12.1. The second-order valence-corrected chi connectivity index (χ2v) is 5.03. The molecule has 5 nitrogen and oxygen atoms in total. The predicted octanol–water partition coefficient (Wildman–Crippen LogP) is 2.90. The van der Waals surface area contributed by atoms with Crippen LogP contribution in [-0.2, 0) is 4.74 Å². The Morgan fingerprint density at radius 2 is 1.83 bits per heavy atom. The number of esters is 1. The molecular formula is C17H13FO5. The summed E-state index contributed by atoms with van der Waals surface area (Å²) in [6, 6.07) is 8.73. The largest absolute Gasteiger partial charge is 0.454 e. The fourth-order valence-electron chi connectivity index (χ4n) is 2.09. The van der Waals surface area contributed by atoms with Crippen molar-refractivity contribution < 1.29 is 28.2 Å². The molecule has 1 aliphatic rings. The molecule has 1 heterocycles. The second kappa shape index (κ2) is 6.08. The quantitative estimate of drug-likeness (QED) is 0.641. The molecule has 0 bridgehead atoms. The van der Waals surface area contributed by atoms with Gasteiger partial charge >= 0.3 is 5.97 Å². The van der Waals surface area contributed by atoms with E-state index in [9.17, 15) is 14.0 Å². The summed E-state index contributed by atoms with van der Waals surface area (Å²) >= 11 is 0. The van der Waals surface area contributed by atoms with Crippen molar-refractivity contribution in [3.63, 3.8) is 0 Å². The van der Waals surface area contributed by atoms with Crippen molar-refractivity contribution in [3.05, 3.63) is 58.9 Å². The van der Waals surface area contributed by atoms with Gasteiger partial charge in [0.1, 0.15) is 5.82 Å². The molecule has 0 aliphatic carbocycles. The lowest BCUT2D eigenvalue weighted by Crippen LogP contribution is -2.14. The molecule has 2 aromatic rings. The van der Waals surface area contributed by atoms with Gasteiger partial charge in [0.15, 0.2) is 23.9 Å². The summed E-state index contributed by atoms with van der Waals surface area (Å²) in [5.74, 6) is -0.597. The van der Waals surface area contributed by atoms with Crippen LogP contribution in [0.3, 0.4) is 0 Å². The molecule has 0 aromatic heterocycles. The molecule has 0 saturated heterocycles. The summed E-state index contributed by atoms with van der Waals surface area (Å²) in [5, 5.41) is 0. The van der Waals surface area contributed by atoms with E-state index in [0.29, 0.717) is 22.6 Å². The van der Waals surface area contributed by atoms with Gasteiger partial charge in [-0.25, -0.2) is 9.18 Å². The highest BCUT2D eigenvalue weighted by Gasteiger charge is 2.18. The number of carbonyl (C=O) groups excluding carboxylic acids is 2. The van der Waals surface area contributed by atoms with Gasteiger partial charge in [0.2, 0.25) is 6.79 Å². The molecule has 0 amide bonds. The average Bonchev–Trinajstić information content (AvgIpc) is 3.02. The SMILES string of the molecule is Cc1ccc(C(=O)OCC(=O)c2ccc3c(c2)OCO3)cc1F. The zero-order valence-corrected chi connectivity index (χ0v) is 12.3. The number of fused-ring (bicyclic) bond motifs is 1. The average molecular weight is 316 g/mol. The maximum Gasteiger partial charge on any atom is 0.338 e. The van der Waals surface area contributed by atoms with E-state index in [4.69, 9.17) is 14.2 Å². The number of ether oxygens (including phenoxy) is 3. The number of hydrogen-bond donors (Lipinski definition) is 0. The third-order valence-corrected chi connectivity index (χ3v) is 3.44. The lowest BCUT2D eigenvalue weighted by molar-refractivity contribution is 0.0474. The van der Waals surface area contributed by atoms with Gasteiger partial charge in [0, 0.05) is 5.56 Å². The summed E-state index contributed by atoms with van der Waals surface area (Å²) in [6.45, 7) is 1.27. The number of aryl methyl sites for hydroxylation is 1. The van der Waals surface area contributed by atoms with Gasteiger partial charge in [-0.1, -0.05) is 6.07 Å². The molecule has 23 heavy (non-hydrogen) atoms. The van der Waals surface area contributed by atoms with E-state index < -0.39 is 18.4 Å². The van der Waals surface area contributed by atoms with Crippen LogP contribution >= 0.6 is 0 Å². The molecule has 2 aromatic carbocycles. The van der Waals surface area contributed by atoms with E-state index in [0.717, 1.165) is 6.07 Å². The highest BCUT2D eigenvalue weighted by molar-refractivity contribution is 5.99. The van der Waals surface area contributed by atoms with Gasteiger partial charge < -0.3 is 14.2 Å². The lowest BCUT2D eigenvalue weighted by atomic mass is 10.1. The van der Waals surface area contributed by atoms with Crippen LogP contribution in [0.1, 0.15) is 26.3 Å². The molecule has 3 rings (SSSR count). The summed E-state index contributed by atoms with van der Waals surface area (Å²) in [6.07, 6.45) is 0. The third-order valence-electron chi connectivity index (χ3n) is 3.44. The highest BCUT2D eigenvalue weighted by Crippen LogP contribution is 2.32. The van der Waals surface area contributed by atoms with Crippen molar-refractivity contribution in [2.24, 2.45) is 0 Å². The van der Waals surface area contributed by atoms with Gasteiger partial charge in [0.05, 0.1) is 5.56 Å². The minimum atomic E-state index is -0.752. The van der Waals surface area contributed by atoms with Crippen LogP contribution < -0.4 is 9.47 Å². The van der Waals surface area contributed by atoms with Crippen LogP contribution in [0.5, 0.6) is 11.5 Å². The third kappa shape index (κ3) is 3.15. The highest BCUT2D eigenvalue weighted by atomic mass is 19.1. The van der Waals surface area contributed by atoms with Crippen molar-refractivity contribution in [2.45, 2.75) is 6.92 Å². The number of halogens is 1. The first kappa shape index (κ1) is 15.0. The fraction of sp³-hybridized carbons (Fsp3) is 0.176. The summed E-state index contributed by atoms with van der Waals surface area (Å²) in [7, 11) is 0. The summed E-state index contributed by atoms with van der Waals surface area (Å²) < 4.78 is 28.7. The Bertz CT molecular complexity index is 785. The Morgan fingerprint density at radius 3 is 2.61 bits per heavy atom. The fourth-order valence-corrected chi connectivity index (χ4v) is 2.09. The van der Waals surface area contributed by atoms with Crippen LogP contribution in [0, 0.1) is 12.7 Å². The zero-order chi connectivity index (χ0) is 16.4. The molecule has 0 atom stereocenters. The zero-order valence-electron chi connectivity index (χ0n) is 12.3. The van der Waals surface area contributed by atoms with Crippen LogP contribution in [0.2, 0.25) is 0 Å². The Hall–Kier alpha value is -2.89. The lowest BCUT2D eigenvalue weighted by Gasteiger charge is -2.06. The number of carbonyl (C=O) groups is 2. The smallest absolute Gasteiger partial charge is 0.338 e. The Labute approximate surface area is 131 Å². The van der Waals surface area contributed by atoms with Gasteiger partial charge in [-0.2, -0.15) is 0 Å². The number of Topliss-reactive ketones (excluding diaryl/α,β-unsaturated/α-hetero) is 1. The first-order valence-electron chi connectivity index (χ1n) is 6.91. The van der Waals surface area contributed by atoms with E-state index in [1.54, 1.807) is 19.1 Å². The van der Waals surface area contributed by atoms with Crippen molar-refractivity contribution in [3.8, 4) is 11.5 Å². The summed E-state index contributed by atoms with van der Waals surface area (Å²) in [5.41, 5.74) is 0.835. The standard InChI is InChI=1S/C17H13FO5/c1-10-2-3-12(6-13(10)18)17(20)21-8-14(19)11-4-5-15-16(7-11)23-9-22-15/h2-7H,8-9H2,1H3. The van der Waals surface area contributed by atoms with Crippen molar-refractivity contribution >= 4 is 11.8 Å². The molecule has 0 saturated carbocycles. The topological polar surface area (TPSA) is 61.8 Å². The van der Waals surface area contributed by atoms with Gasteiger partial charge in [-0.05, 0) is 42.8 Å². The minimum Gasteiger partial charge on any atom is -0.454 e. The van der Waals surface area contributed by atoms with E-state index in [1.807, 2.05) is 0 Å². The van der Waals surface area contributed by atoms with Crippen molar-refractivity contribution in [1.82, 2.24) is 0 Å². The second-order valence-electron chi connectivity index (χ2n) is 5.03. The van der Waals surface area contributed by atoms with E-state index in [-0.39, 0.29) is 18.1 Å². The monoisotopic (exact) mass is 316 g/mol. The predicted molar refractivity (Wildman–Crippen MR) is 78.3 cm³/mol. The molecular weight excluding hydrogens is 303 g/mol. The van der Waals surface area contributed by atoms with Crippen LogP contribution in [-0.4, -0.2) is 25.2 Å². The molecule has 0 N–H and O–H groups in total. The summed E-state index contributed by atoms with van der Waals surface area (Å²) in [4.78, 5) is 23.9. The van der Waals surface area contributed by atoms with Gasteiger partial charge in [0.25, 0.3) is 0 Å². The Balaban J connectivity index is 1.64. The van der Waals surface area contributed by atoms with Crippen LogP contribution in [0.25, 0.3) is 0 Å². The number of rotatable bonds is 4. The molecule has 6 heteroatoms. The minimum absolute atomic E-state index is 0.0617. The van der Waals surface area contributed by atoms with Crippen molar-refractivity contribution in [1.29, 1.82) is 0 Å². The molecule has 0 fully saturated rings. The number of hydrogen-bond acceptors (Lipinski definition) is 5. The molecule has 0 spiro atoms.